The molecule has 0 bridgehead atoms. The Kier molecular flexibility index (Phi) is 7.41. The summed E-state index contributed by atoms with van der Waals surface area (Å²) in [5, 5.41) is 20.5. The number of unbranched alkanes of at least 4 members (excludes halogenated alkanes) is 4. The van der Waals surface area contributed by atoms with Crippen LogP contribution in [0.15, 0.2) is 23.8 Å². The SMILES string of the molecule is CC1=CC[C@@H]2[C@@H](C1)c1c(O)cc(C(C)(C)CCCCCCCO[N+](=O)[O-])cc1OC2(C)C. The third-order valence-electron chi connectivity index (χ3n) is 7.43. The maximum Gasteiger partial charge on any atom is 0.294 e. The van der Waals surface area contributed by atoms with Crippen molar-refractivity contribution < 1.29 is 19.8 Å². The lowest BCUT2D eigenvalue weighted by molar-refractivity contribution is -0.757. The molecule has 1 N–H and O–H groups in total. The summed E-state index contributed by atoms with van der Waals surface area (Å²) < 4.78 is 6.49. The highest BCUT2D eigenvalue weighted by atomic mass is 16.9. The first-order valence-electron chi connectivity index (χ1n) is 12.0. The minimum absolute atomic E-state index is 0.0754. The Hall–Kier alpha value is -2.24. The summed E-state index contributed by atoms with van der Waals surface area (Å²) >= 11 is 0. The molecule has 0 fully saturated rings. The van der Waals surface area contributed by atoms with E-state index in [4.69, 9.17) is 4.74 Å². The minimum atomic E-state index is -0.729. The average molecular weight is 446 g/mol. The number of phenols is 1. The lowest BCUT2D eigenvalue weighted by Gasteiger charge is -2.47. The van der Waals surface area contributed by atoms with Gasteiger partial charge in [0.15, 0.2) is 0 Å². The minimum Gasteiger partial charge on any atom is -0.508 e. The first kappa shape index (κ1) is 24.4. The molecule has 178 valence electrons. The Morgan fingerprint density at radius 3 is 2.62 bits per heavy atom. The lowest BCUT2D eigenvalue weighted by Crippen LogP contribution is -2.45. The van der Waals surface area contributed by atoms with Gasteiger partial charge in [-0.3, -0.25) is 0 Å². The predicted octanol–water partition coefficient (Wildman–Crippen LogP) is 6.83. The van der Waals surface area contributed by atoms with Gasteiger partial charge in [0.05, 0.1) is 6.61 Å². The van der Waals surface area contributed by atoms with Crippen LogP contribution in [0.5, 0.6) is 11.5 Å². The van der Waals surface area contributed by atoms with Crippen molar-refractivity contribution in [3.05, 3.63) is 45.0 Å². The fourth-order valence-corrected chi connectivity index (χ4v) is 5.44. The molecule has 1 aliphatic heterocycles. The summed E-state index contributed by atoms with van der Waals surface area (Å²) in [5.74, 6) is 1.89. The van der Waals surface area contributed by atoms with Gasteiger partial charge in [0.25, 0.3) is 5.09 Å². The average Bonchev–Trinajstić information content (AvgIpc) is 2.68. The van der Waals surface area contributed by atoms with Gasteiger partial charge in [-0.05, 0) is 69.6 Å². The molecule has 0 unspecified atom stereocenters. The highest BCUT2D eigenvalue weighted by molar-refractivity contribution is 5.54. The molecular weight excluding hydrogens is 406 g/mol. The van der Waals surface area contributed by atoms with Crippen LogP contribution in [0.4, 0.5) is 0 Å². The van der Waals surface area contributed by atoms with Gasteiger partial charge in [-0.25, -0.2) is 0 Å². The number of allylic oxidation sites excluding steroid dienone is 2. The fraction of sp³-hybridized carbons (Fsp3) is 0.692. The van der Waals surface area contributed by atoms with Gasteiger partial charge in [0.1, 0.15) is 17.1 Å². The van der Waals surface area contributed by atoms with Gasteiger partial charge in [0.2, 0.25) is 0 Å². The van der Waals surface area contributed by atoms with Crippen molar-refractivity contribution in [3.8, 4) is 11.5 Å². The number of fused-ring (bicyclic) bond motifs is 3. The van der Waals surface area contributed by atoms with E-state index in [0.29, 0.717) is 24.0 Å². The second kappa shape index (κ2) is 9.72. The molecule has 2 aliphatic rings. The van der Waals surface area contributed by atoms with Gasteiger partial charge in [-0.2, -0.15) is 0 Å². The number of ether oxygens (including phenoxy) is 1. The van der Waals surface area contributed by atoms with E-state index in [-0.39, 0.29) is 17.6 Å². The molecule has 1 heterocycles. The molecule has 1 aromatic rings. The molecule has 32 heavy (non-hydrogen) atoms. The first-order chi connectivity index (χ1) is 15.0. The summed E-state index contributed by atoms with van der Waals surface area (Å²) in [7, 11) is 0. The van der Waals surface area contributed by atoms with E-state index in [1.54, 1.807) is 0 Å². The normalized spacial score (nSPS) is 21.7. The van der Waals surface area contributed by atoms with Gasteiger partial charge in [0, 0.05) is 17.4 Å². The molecule has 6 nitrogen and oxygen atoms in total. The van der Waals surface area contributed by atoms with Crippen LogP contribution in [0.1, 0.15) is 103 Å². The molecule has 2 atom stereocenters. The van der Waals surface area contributed by atoms with Crippen LogP contribution in [-0.4, -0.2) is 22.4 Å². The Bertz CT molecular complexity index is 858. The topological polar surface area (TPSA) is 81.8 Å². The Labute approximate surface area is 192 Å². The Morgan fingerprint density at radius 2 is 1.91 bits per heavy atom. The maximum absolute atomic E-state index is 11.1. The summed E-state index contributed by atoms with van der Waals surface area (Å²) in [5.41, 5.74) is 3.16. The van der Waals surface area contributed by atoms with Crippen LogP contribution in [0, 0.1) is 16.0 Å². The van der Waals surface area contributed by atoms with E-state index < -0.39 is 5.09 Å². The van der Waals surface area contributed by atoms with Crippen LogP contribution in [0.25, 0.3) is 0 Å². The monoisotopic (exact) mass is 445 g/mol. The molecule has 1 aliphatic carbocycles. The number of nitrogens with zero attached hydrogens (tertiary/aromatic N) is 1. The van der Waals surface area contributed by atoms with Gasteiger partial charge < -0.3 is 14.7 Å². The molecule has 0 radical (unpaired) electrons. The molecule has 0 spiro atoms. The summed E-state index contributed by atoms with van der Waals surface area (Å²) in [6.07, 6.45) is 10.1. The molecule has 0 aromatic heterocycles. The third kappa shape index (κ3) is 5.57. The van der Waals surface area contributed by atoms with Crippen molar-refractivity contribution in [1.29, 1.82) is 0 Å². The van der Waals surface area contributed by atoms with E-state index in [1.807, 2.05) is 6.07 Å². The smallest absolute Gasteiger partial charge is 0.294 e. The quantitative estimate of drug-likeness (QED) is 0.185. The van der Waals surface area contributed by atoms with Gasteiger partial charge >= 0.3 is 0 Å². The second-order valence-corrected chi connectivity index (χ2v) is 10.8. The Morgan fingerprint density at radius 1 is 1.22 bits per heavy atom. The number of hydrogen-bond acceptors (Lipinski definition) is 5. The zero-order chi connectivity index (χ0) is 23.5. The van der Waals surface area contributed by atoms with E-state index >= 15 is 0 Å². The van der Waals surface area contributed by atoms with E-state index in [2.05, 4.69) is 51.6 Å². The van der Waals surface area contributed by atoms with Crippen molar-refractivity contribution in [1.82, 2.24) is 0 Å². The summed E-state index contributed by atoms with van der Waals surface area (Å²) in [6, 6.07) is 4.12. The predicted molar refractivity (Wildman–Crippen MR) is 126 cm³/mol. The van der Waals surface area contributed by atoms with E-state index in [0.717, 1.165) is 61.8 Å². The molecule has 1 aromatic carbocycles. The molecular formula is C26H39NO5. The van der Waals surface area contributed by atoms with Crippen LogP contribution in [0.2, 0.25) is 0 Å². The lowest BCUT2D eigenvalue weighted by atomic mass is 9.66. The number of phenolic OH excluding ortho intramolecular Hbond substituents is 1. The molecule has 0 saturated heterocycles. The maximum atomic E-state index is 11.1. The zero-order valence-electron chi connectivity index (χ0n) is 20.3. The fourth-order valence-electron chi connectivity index (χ4n) is 5.44. The van der Waals surface area contributed by atoms with Crippen LogP contribution < -0.4 is 4.74 Å². The molecule has 3 rings (SSSR count). The van der Waals surface area contributed by atoms with Crippen molar-refractivity contribution in [2.45, 2.75) is 103 Å². The van der Waals surface area contributed by atoms with Gasteiger partial charge in [-0.15, -0.1) is 10.1 Å². The molecule has 0 saturated carbocycles. The van der Waals surface area contributed by atoms with Crippen molar-refractivity contribution >= 4 is 0 Å². The Balaban J connectivity index is 1.65. The van der Waals surface area contributed by atoms with Gasteiger partial charge in [-0.1, -0.05) is 51.2 Å². The molecule has 0 amide bonds. The van der Waals surface area contributed by atoms with Crippen LogP contribution in [0.3, 0.4) is 0 Å². The largest absolute Gasteiger partial charge is 0.508 e. The van der Waals surface area contributed by atoms with Crippen LogP contribution >= 0.6 is 0 Å². The number of aromatic hydroxyl groups is 1. The van der Waals surface area contributed by atoms with Crippen molar-refractivity contribution in [2.24, 2.45) is 5.92 Å². The summed E-state index contributed by atoms with van der Waals surface area (Å²) in [6.45, 7) is 11.2. The standard InChI is InChI=1S/C26H39NO5/c1-18-11-12-21-20(15-18)24-22(28)16-19(17-23(24)32-26(21,4)5)25(2,3)13-9-7-6-8-10-14-31-27(29)30/h11,16-17,20-21,28H,6-10,12-15H2,1-5H3/t20-,21-/m1/s1. The number of hydrogen-bond donors (Lipinski definition) is 1. The second-order valence-electron chi connectivity index (χ2n) is 10.8. The highest BCUT2D eigenvalue weighted by Crippen LogP contribution is 2.54. The van der Waals surface area contributed by atoms with Crippen molar-refractivity contribution in [3.63, 3.8) is 0 Å². The van der Waals surface area contributed by atoms with Crippen LogP contribution in [-0.2, 0) is 10.3 Å². The molecule has 6 heteroatoms. The van der Waals surface area contributed by atoms with E-state index in [9.17, 15) is 15.2 Å². The highest BCUT2D eigenvalue weighted by Gasteiger charge is 2.46. The number of rotatable bonds is 10. The van der Waals surface area contributed by atoms with E-state index in [1.165, 1.54) is 5.57 Å². The zero-order valence-corrected chi connectivity index (χ0v) is 20.3. The summed E-state index contributed by atoms with van der Waals surface area (Å²) in [4.78, 5) is 14.5. The van der Waals surface area contributed by atoms with Crippen molar-refractivity contribution in [2.75, 3.05) is 6.61 Å². The number of benzene rings is 1. The first-order valence-corrected chi connectivity index (χ1v) is 12.0. The third-order valence-corrected chi connectivity index (χ3v) is 7.43.